The number of hydrogen-bond donors (Lipinski definition) is 1. The van der Waals surface area contributed by atoms with E-state index in [2.05, 4.69) is 16.9 Å². The van der Waals surface area contributed by atoms with E-state index in [4.69, 9.17) is 11.6 Å². The summed E-state index contributed by atoms with van der Waals surface area (Å²) < 4.78 is 0. The van der Waals surface area contributed by atoms with E-state index in [0.29, 0.717) is 17.1 Å². The van der Waals surface area contributed by atoms with Crippen LogP contribution in [0.15, 0.2) is 24.9 Å². The number of carbonyl (C=O) groups is 1. The Labute approximate surface area is 94.2 Å². The average molecular weight is 225 g/mol. The highest BCUT2D eigenvalue weighted by atomic mass is 35.5. The van der Waals surface area contributed by atoms with Gasteiger partial charge in [0.1, 0.15) is 0 Å². The molecule has 0 bridgehead atoms. The van der Waals surface area contributed by atoms with E-state index in [1.807, 2.05) is 6.92 Å². The maximum absolute atomic E-state index is 11.6. The van der Waals surface area contributed by atoms with Crippen molar-refractivity contribution >= 4 is 17.5 Å². The second-order valence-corrected chi connectivity index (χ2v) is 3.55. The molecule has 0 radical (unpaired) electrons. The van der Waals surface area contributed by atoms with Crippen molar-refractivity contribution in [2.24, 2.45) is 0 Å². The van der Waals surface area contributed by atoms with Crippen molar-refractivity contribution in [1.82, 2.24) is 10.3 Å². The molecule has 1 heterocycles. The summed E-state index contributed by atoms with van der Waals surface area (Å²) in [5.41, 5.74) is 1.20. The molecule has 1 rings (SSSR count). The van der Waals surface area contributed by atoms with Gasteiger partial charge in [-0.3, -0.25) is 9.78 Å². The molecule has 0 spiro atoms. The van der Waals surface area contributed by atoms with Crippen molar-refractivity contribution in [2.75, 3.05) is 6.54 Å². The highest BCUT2D eigenvalue weighted by Crippen LogP contribution is 2.15. The normalized spacial score (nSPS) is 9.73. The van der Waals surface area contributed by atoms with Gasteiger partial charge >= 0.3 is 0 Å². The zero-order valence-electron chi connectivity index (χ0n) is 8.59. The number of halogens is 1. The van der Waals surface area contributed by atoms with Crippen molar-refractivity contribution in [3.63, 3.8) is 0 Å². The minimum absolute atomic E-state index is 0.200. The van der Waals surface area contributed by atoms with Gasteiger partial charge < -0.3 is 5.32 Å². The van der Waals surface area contributed by atoms with Gasteiger partial charge in [0.25, 0.3) is 5.91 Å². The minimum Gasteiger partial charge on any atom is -0.352 e. The quantitative estimate of drug-likeness (QED) is 0.630. The van der Waals surface area contributed by atoms with Crippen molar-refractivity contribution in [3.8, 4) is 0 Å². The van der Waals surface area contributed by atoms with Gasteiger partial charge in [-0.05, 0) is 19.4 Å². The van der Waals surface area contributed by atoms with E-state index in [0.717, 1.165) is 12.1 Å². The van der Waals surface area contributed by atoms with Crippen molar-refractivity contribution in [2.45, 2.75) is 13.3 Å². The summed E-state index contributed by atoms with van der Waals surface area (Å²) in [6.45, 7) is 5.96. The molecule has 0 aliphatic carbocycles. The third-order valence-electron chi connectivity index (χ3n) is 1.87. The van der Waals surface area contributed by atoms with Crippen molar-refractivity contribution < 1.29 is 4.79 Å². The van der Waals surface area contributed by atoms with E-state index >= 15 is 0 Å². The number of hydrogen-bond acceptors (Lipinski definition) is 2. The Morgan fingerprint density at radius 1 is 1.73 bits per heavy atom. The molecule has 0 aliphatic heterocycles. The van der Waals surface area contributed by atoms with Crippen LogP contribution in [0.1, 0.15) is 22.5 Å². The first-order chi connectivity index (χ1) is 7.15. The number of aromatic nitrogens is 1. The van der Waals surface area contributed by atoms with E-state index < -0.39 is 0 Å². The van der Waals surface area contributed by atoms with Crippen LogP contribution in [0.5, 0.6) is 0 Å². The first kappa shape index (κ1) is 11.7. The number of amides is 1. The summed E-state index contributed by atoms with van der Waals surface area (Å²) in [6.07, 6.45) is 3.97. The maximum Gasteiger partial charge on any atom is 0.254 e. The van der Waals surface area contributed by atoms with Crippen LogP contribution in [0.4, 0.5) is 0 Å². The first-order valence-electron chi connectivity index (χ1n) is 4.66. The molecule has 1 aromatic heterocycles. The molecule has 0 unspecified atom stereocenters. The first-order valence-corrected chi connectivity index (χ1v) is 5.04. The number of aryl methyl sites for hydroxylation is 1. The fourth-order valence-corrected chi connectivity index (χ4v) is 1.37. The van der Waals surface area contributed by atoms with E-state index in [1.165, 1.54) is 6.20 Å². The Morgan fingerprint density at radius 2 is 2.47 bits per heavy atom. The molecule has 1 N–H and O–H groups in total. The summed E-state index contributed by atoms with van der Waals surface area (Å²) in [7, 11) is 0. The van der Waals surface area contributed by atoms with Gasteiger partial charge in [-0.25, -0.2) is 0 Å². The molecular weight excluding hydrogens is 212 g/mol. The summed E-state index contributed by atoms with van der Waals surface area (Å²) in [5.74, 6) is -0.200. The summed E-state index contributed by atoms with van der Waals surface area (Å²) in [5, 5.41) is 3.15. The topological polar surface area (TPSA) is 42.0 Å². The van der Waals surface area contributed by atoms with Gasteiger partial charge in [0, 0.05) is 18.4 Å². The van der Waals surface area contributed by atoms with Crippen LogP contribution in [0.3, 0.4) is 0 Å². The van der Waals surface area contributed by atoms with Crippen LogP contribution in [0.25, 0.3) is 0 Å². The molecule has 4 heteroatoms. The Morgan fingerprint density at radius 3 is 3.07 bits per heavy atom. The third-order valence-corrected chi connectivity index (χ3v) is 2.18. The number of nitrogens with zero attached hydrogens (tertiary/aromatic N) is 1. The number of carbonyl (C=O) groups excluding carboxylic acids is 1. The van der Waals surface area contributed by atoms with Crippen LogP contribution < -0.4 is 5.32 Å². The summed E-state index contributed by atoms with van der Waals surface area (Å²) >= 11 is 5.92. The molecule has 1 amide bonds. The van der Waals surface area contributed by atoms with Gasteiger partial charge in [-0.15, -0.1) is 6.58 Å². The summed E-state index contributed by atoms with van der Waals surface area (Å²) in [6, 6.07) is 1.67. The van der Waals surface area contributed by atoms with Gasteiger partial charge in [0.05, 0.1) is 10.6 Å². The van der Waals surface area contributed by atoms with E-state index in [9.17, 15) is 4.79 Å². The van der Waals surface area contributed by atoms with E-state index in [1.54, 1.807) is 12.1 Å². The molecule has 0 aromatic carbocycles. The second kappa shape index (κ2) is 5.51. The molecule has 0 saturated heterocycles. The predicted octanol–water partition coefficient (Wildman–Crippen LogP) is 2.35. The van der Waals surface area contributed by atoms with Gasteiger partial charge in [0.15, 0.2) is 0 Å². The van der Waals surface area contributed by atoms with Gasteiger partial charge in [-0.1, -0.05) is 17.7 Å². The largest absolute Gasteiger partial charge is 0.352 e. The lowest BCUT2D eigenvalue weighted by Crippen LogP contribution is -2.24. The Balaban J connectivity index is 2.69. The van der Waals surface area contributed by atoms with Gasteiger partial charge in [-0.2, -0.15) is 0 Å². The molecular formula is C11H13ClN2O. The number of nitrogens with one attached hydrogen (secondary N) is 1. The smallest absolute Gasteiger partial charge is 0.254 e. The maximum atomic E-state index is 11.6. The molecule has 3 nitrogen and oxygen atoms in total. The molecule has 1 aromatic rings. The Hall–Kier alpha value is -1.35. The monoisotopic (exact) mass is 224 g/mol. The third kappa shape index (κ3) is 3.36. The zero-order valence-corrected chi connectivity index (χ0v) is 9.34. The molecule has 15 heavy (non-hydrogen) atoms. The zero-order chi connectivity index (χ0) is 11.3. The van der Waals surface area contributed by atoms with Crippen LogP contribution in [0.2, 0.25) is 5.02 Å². The molecule has 0 saturated carbocycles. The minimum atomic E-state index is -0.200. The number of pyridine rings is 1. The fraction of sp³-hybridized carbons (Fsp3) is 0.273. The number of rotatable bonds is 4. The molecule has 80 valence electrons. The second-order valence-electron chi connectivity index (χ2n) is 3.14. The fourth-order valence-electron chi connectivity index (χ4n) is 1.08. The molecule has 0 atom stereocenters. The summed E-state index contributed by atoms with van der Waals surface area (Å²) in [4.78, 5) is 15.6. The Bertz CT molecular complexity index is 377. The lowest BCUT2D eigenvalue weighted by molar-refractivity contribution is 0.0954. The molecule has 0 fully saturated rings. The van der Waals surface area contributed by atoms with Gasteiger partial charge in [0.2, 0.25) is 0 Å². The lowest BCUT2D eigenvalue weighted by atomic mass is 10.2. The van der Waals surface area contributed by atoms with Crippen LogP contribution in [0, 0.1) is 6.92 Å². The predicted molar refractivity (Wildman–Crippen MR) is 61.1 cm³/mol. The average Bonchev–Trinajstić information content (AvgIpc) is 2.17. The van der Waals surface area contributed by atoms with Crippen LogP contribution in [-0.2, 0) is 0 Å². The SMILES string of the molecule is C=CCCNC(=O)c1cnc(C)cc1Cl. The van der Waals surface area contributed by atoms with Crippen LogP contribution in [-0.4, -0.2) is 17.4 Å². The standard InChI is InChI=1S/C11H13ClN2O/c1-3-4-5-13-11(15)9-7-14-8(2)6-10(9)12/h3,6-7H,1,4-5H2,2H3,(H,13,15). The highest BCUT2D eigenvalue weighted by molar-refractivity contribution is 6.33. The lowest BCUT2D eigenvalue weighted by Gasteiger charge is -2.05. The Kier molecular flexibility index (Phi) is 4.31. The van der Waals surface area contributed by atoms with E-state index in [-0.39, 0.29) is 5.91 Å². The van der Waals surface area contributed by atoms with Crippen LogP contribution >= 0.6 is 11.6 Å². The molecule has 0 aliphatic rings. The van der Waals surface area contributed by atoms with Crippen molar-refractivity contribution in [1.29, 1.82) is 0 Å². The van der Waals surface area contributed by atoms with Crippen molar-refractivity contribution in [3.05, 3.63) is 41.2 Å². The highest BCUT2D eigenvalue weighted by Gasteiger charge is 2.09.